The zero-order valence-electron chi connectivity index (χ0n) is 17.7. The lowest BCUT2D eigenvalue weighted by Gasteiger charge is -2.24. The topological polar surface area (TPSA) is 69.7 Å². The number of benzene rings is 3. The van der Waals surface area contributed by atoms with E-state index in [4.69, 9.17) is 8.92 Å². The van der Waals surface area contributed by atoms with Crippen molar-refractivity contribution in [3.8, 4) is 0 Å². The van der Waals surface area contributed by atoms with Gasteiger partial charge in [-0.3, -0.25) is 4.18 Å². The molecule has 168 valence electrons. The molecule has 33 heavy (non-hydrogen) atoms. The van der Waals surface area contributed by atoms with Crippen LogP contribution >= 0.6 is 0 Å². The van der Waals surface area contributed by atoms with Gasteiger partial charge in [-0.05, 0) is 49.2 Å². The minimum absolute atomic E-state index is 0.0499. The Bertz CT molecular complexity index is 1250. The first-order valence-electron chi connectivity index (χ1n) is 11.1. The Balaban J connectivity index is 1.29. The zero-order chi connectivity index (χ0) is 22.6. The van der Waals surface area contributed by atoms with Crippen LogP contribution in [0.25, 0.3) is 0 Å². The lowest BCUT2D eigenvalue weighted by atomic mass is 9.94. The fraction of sp³-hybridized carbons (Fsp3) is 0.269. The third-order valence-electron chi connectivity index (χ3n) is 6.92. The standard InChI is InChI=1S/C26H23O5S2/c27-26(30-24-18-15-22-23(16-18)33(28,29)31-25(22)24)17-8-7-13-21(14-17)32(19-9-3-1-4-10-19)20-11-5-2-6-12-20/h1-14,18,22-25H,15-16H2/q+1. The monoisotopic (exact) mass is 479 g/mol. The van der Waals surface area contributed by atoms with Crippen molar-refractivity contribution >= 4 is 27.0 Å². The van der Waals surface area contributed by atoms with Crippen LogP contribution in [0.15, 0.2) is 99.6 Å². The van der Waals surface area contributed by atoms with Gasteiger partial charge in [-0.1, -0.05) is 42.5 Å². The zero-order valence-corrected chi connectivity index (χ0v) is 19.4. The van der Waals surface area contributed by atoms with Crippen LogP contribution in [0.5, 0.6) is 0 Å². The van der Waals surface area contributed by atoms with Crippen LogP contribution in [-0.2, 0) is 29.9 Å². The summed E-state index contributed by atoms with van der Waals surface area (Å²) in [5.74, 6) is -0.424. The number of carbonyl (C=O) groups excluding carboxylic acids is 1. The number of hydrogen-bond donors (Lipinski definition) is 0. The highest BCUT2D eigenvalue weighted by atomic mass is 32.2. The summed E-state index contributed by atoms with van der Waals surface area (Å²) in [5, 5.41) is -0.426. The molecule has 0 aromatic heterocycles. The maximum atomic E-state index is 13.1. The van der Waals surface area contributed by atoms with Gasteiger partial charge in [0.1, 0.15) is 12.2 Å². The van der Waals surface area contributed by atoms with Crippen molar-refractivity contribution in [1.82, 2.24) is 0 Å². The molecule has 3 aliphatic rings. The molecular formula is C26H23O5S2+. The fourth-order valence-electron chi connectivity index (χ4n) is 5.51. The van der Waals surface area contributed by atoms with Crippen LogP contribution in [0.3, 0.4) is 0 Å². The maximum Gasteiger partial charge on any atom is 0.338 e. The van der Waals surface area contributed by atoms with Crippen molar-refractivity contribution in [2.45, 2.75) is 45.0 Å². The first-order valence-corrected chi connectivity index (χ1v) is 13.8. The minimum Gasteiger partial charge on any atom is -0.456 e. The molecule has 0 radical (unpaired) electrons. The number of hydrogen-bond acceptors (Lipinski definition) is 5. The summed E-state index contributed by atoms with van der Waals surface area (Å²) in [6.45, 7) is 0. The molecule has 2 bridgehead atoms. The predicted molar refractivity (Wildman–Crippen MR) is 124 cm³/mol. The molecular weight excluding hydrogens is 456 g/mol. The Morgan fingerprint density at radius 1 is 0.848 bits per heavy atom. The van der Waals surface area contributed by atoms with E-state index >= 15 is 0 Å². The summed E-state index contributed by atoms with van der Waals surface area (Å²) in [5.41, 5.74) is 0.469. The number of fused-ring (bicyclic) bond motifs is 1. The number of carbonyl (C=O) groups is 1. The molecule has 5 atom stereocenters. The van der Waals surface area contributed by atoms with Gasteiger partial charge in [0.15, 0.2) is 14.7 Å². The summed E-state index contributed by atoms with van der Waals surface area (Å²) in [7, 11) is -3.91. The van der Waals surface area contributed by atoms with Crippen LogP contribution in [0, 0.1) is 11.8 Å². The Hall–Kier alpha value is -2.61. The maximum absolute atomic E-state index is 13.1. The van der Waals surface area contributed by atoms with E-state index in [2.05, 4.69) is 24.3 Å². The van der Waals surface area contributed by atoms with E-state index in [1.165, 1.54) is 0 Å². The van der Waals surface area contributed by atoms with E-state index in [9.17, 15) is 13.2 Å². The summed E-state index contributed by atoms with van der Waals surface area (Å²) in [6.07, 6.45) is 0.237. The van der Waals surface area contributed by atoms with Gasteiger partial charge in [-0.25, -0.2) is 4.79 Å². The molecule has 2 saturated carbocycles. The van der Waals surface area contributed by atoms with Crippen molar-refractivity contribution < 1.29 is 22.1 Å². The third-order valence-corrected chi connectivity index (χ3v) is 10.9. The average molecular weight is 480 g/mol. The van der Waals surface area contributed by atoms with Gasteiger partial charge in [-0.15, -0.1) is 0 Å². The highest BCUT2D eigenvalue weighted by Crippen LogP contribution is 2.55. The molecule has 3 aromatic carbocycles. The van der Waals surface area contributed by atoms with E-state index in [1.807, 2.05) is 54.6 Å². The van der Waals surface area contributed by atoms with Crippen LogP contribution in [-0.4, -0.2) is 31.8 Å². The molecule has 0 spiro atoms. The van der Waals surface area contributed by atoms with Crippen LogP contribution in [0.2, 0.25) is 0 Å². The molecule has 1 saturated heterocycles. The van der Waals surface area contributed by atoms with Crippen molar-refractivity contribution in [2.75, 3.05) is 0 Å². The van der Waals surface area contributed by atoms with E-state index in [1.54, 1.807) is 6.07 Å². The van der Waals surface area contributed by atoms with Gasteiger partial charge >= 0.3 is 5.97 Å². The summed E-state index contributed by atoms with van der Waals surface area (Å²) < 4.78 is 35.6. The van der Waals surface area contributed by atoms with Crippen molar-refractivity contribution in [3.05, 3.63) is 90.5 Å². The van der Waals surface area contributed by atoms with E-state index < -0.39 is 33.5 Å². The Labute approximate surface area is 196 Å². The molecule has 0 amide bonds. The number of esters is 1. The third kappa shape index (κ3) is 3.59. The molecule has 0 N–H and O–H groups in total. The molecule has 1 aliphatic heterocycles. The quantitative estimate of drug-likeness (QED) is 0.307. The Morgan fingerprint density at radius 2 is 1.48 bits per heavy atom. The largest absolute Gasteiger partial charge is 0.456 e. The normalized spacial score (nSPS) is 28.8. The van der Waals surface area contributed by atoms with Crippen LogP contribution in [0.4, 0.5) is 0 Å². The van der Waals surface area contributed by atoms with Crippen molar-refractivity contribution in [1.29, 1.82) is 0 Å². The van der Waals surface area contributed by atoms with Crippen molar-refractivity contribution in [2.24, 2.45) is 11.8 Å². The van der Waals surface area contributed by atoms with Gasteiger partial charge in [0, 0.05) is 17.9 Å². The second kappa shape index (κ2) is 8.01. The van der Waals surface area contributed by atoms with Gasteiger partial charge in [0.2, 0.25) is 0 Å². The second-order valence-corrected chi connectivity index (χ2v) is 12.6. The molecule has 3 aromatic rings. The Morgan fingerprint density at radius 3 is 2.15 bits per heavy atom. The fourth-order valence-corrected chi connectivity index (χ4v) is 9.52. The van der Waals surface area contributed by atoms with Gasteiger partial charge in [-0.2, -0.15) is 8.42 Å². The second-order valence-electron chi connectivity index (χ2n) is 8.82. The van der Waals surface area contributed by atoms with Gasteiger partial charge in [0.25, 0.3) is 10.1 Å². The smallest absolute Gasteiger partial charge is 0.338 e. The molecule has 2 aliphatic carbocycles. The van der Waals surface area contributed by atoms with Gasteiger partial charge < -0.3 is 4.74 Å². The van der Waals surface area contributed by atoms with E-state index in [0.29, 0.717) is 12.0 Å². The molecule has 3 fully saturated rings. The molecule has 7 heteroatoms. The average Bonchev–Trinajstić information content (AvgIpc) is 3.45. The predicted octanol–water partition coefficient (Wildman–Crippen LogP) is 4.44. The SMILES string of the molecule is O=C(OC1C2CC3C1OS(=O)(=O)C3C2)c1cccc([S+](c2ccccc2)c2ccccc2)c1. The van der Waals surface area contributed by atoms with Crippen molar-refractivity contribution in [3.63, 3.8) is 0 Å². The minimum atomic E-state index is -3.53. The Kier molecular flexibility index (Phi) is 5.09. The highest BCUT2D eigenvalue weighted by molar-refractivity contribution is 7.97. The highest BCUT2D eigenvalue weighted by Gasteiger charge is 2.65. The first kappa shape index (κ1) is 21.0. The molecule has 6 rings (SSSR count). The summed E-state index contributed by atoms with van der Waals surface area (Å²) >= 11 is 0. The van der Waals surface area contributed by atoms with E-state index in [-0.39, 0.29) is 22.7 Å². The van der Waals surface area contributed by atoms with Gasteiger partial charge in [0.05, 0.1) is 21.7 Å². The van der Waals surface area contributed by atoms with Crippen LogP contribution < -0.4 is 0 Å². The molecule has 5 unspecified atom stereocenters. The van der Waals surface area contributed by atoms with Crippen LogP contribution in [0.1, 0.15) is 23.2 Å². The van der Waals surface area contributed by atoms with E-state index in [0.717, 1.165) is 21.1 Å². The summed E-state index contributed by atoms with van der Waals surface area (Å²) in [4.78, 5) is 16.5. The molecule has 5 nitrogen and oxygen atoms in total. The first-order chi connectivity index (χ1) is 16.0. The molecule has 1 heterocycles. The number of ether oxygens (including phenoxy) is 1. The lowest BCUT2D eigenvalue weighted by molar-refractivity contribution is -0.0176. The lowest BCUT2D eigenvalue weighted by Crippen LogP contribution is -2.37. The number of rotatable bonds is 5. The summed E-state index contributed by atoms with van der Waals surface area (Å²) in [6, 6.07) is 28.1.